The summed E-state index contributed by atoms with van der Waals surface area (Å²) in [5.41, 5.74) is 18.0. The number of furan rings is 4. The molecule has 15 aromatic heterocycles. The van der Waals surface area contributed by atoms with Gasteiger partial charge in [0.15, 0.2) is 0 Å². The summed E-state index contributed by atoms with van der Waals surface area (Å²) in [6, 6.07) is 148. The molecule has 0 radical (unpaired) electrons. The molecule has 0 bridgehead atoms. The molecule has 36 aromatic rings. The molecule has 36 rings (SSSR count). The van der Waals surface area contributed by atoms with Gasteiger partial charge in [-0.3, -0.25) is 13.7 Å². The van der Waals surface area contributed by atoms with E-state index in [0.29, 0.717) is 35.0 Å². The molecule has 150 heavy (non-hydrogen) atoms. The highest BCUT2D eigenvalue weighted by Crippen LogP contribution is 2.56. The van der Waals surface area contributed by atoms with E-state index in [4.69, 9.17) is 47.6 Å². The van der Waals surface area contributed by atoms with Gasteiger partial charge in [-0.25, -0.2) is 15.0 Å². The molecule has 0 unspecified atom stereocenters. The van der Waals surface area contributed by atoms with Crippen LogP contribution in [0.4, 0.5) is 0 Å². The Bertz CT molecular complexity index is 11900. The van der Waals surface area contributed by atoms with E-state index in [1.165, 1.54) is 165 Å². The fourth-order valence-corrected chi connectivity index (χ4v) is 30.5. The molecule has 0 atom stereocenters. The summed E-state index contributed by atoms with van der Waals surface area (Å²) in [5.74, 6) is 1.76. The van der Waals surface area contributed by atoms with Gasteiger partial charge in [-0.15, -0.1) is 56.7 Å². The van der Waals surface area contributed by atoms with Gasteiger partial charge in [0.2, 0.25) is 35.0 Å². The van der Waals surface area contributed by atoms with Crippen LogP contribution in [0.15, 0.2) is 436 Å². The minimum absolute atomic E-state index is 0.556. The standard InChI is InChI=1S/C44H23N3O2S.2C44H23N3OS2/c1-2-13-27-26(12-1)41-37(38-30-16-6-10-20-36(30)50-42(27)38)28-14-3-7-17-32(28)47(41)44-45-40(39-29-15-5-9-19-34(29)49-43(39)46-44)24-21-22-35-31(23-24)25-11-4-8-18-33(25)48-35;1-2-14-27-25(13-1)40-36(37-30-17-6-10-23-35(30)50-42(27)37)28-15-3-7-20-32(28)47(40)44-45-39(38-29-16-4-8-21-33(29)48-43(38)46-44)31-19-11-18-26-24-12-5-9-22-34(24)49-41(26)31;1-2-13-27-26(12-1)41-37(38-30-16-6-10-20-35(30)50-42(27)38)28-14-3-7-17-32(28)47(41)44-45-40(39-29-15-4-8-18-33(29)48-43(39)46-44)24-21-22-36-31(23-24)25-11-5-9-19-34(25)49-36/h3*1-23H. The molecule has 0 aliphatic carbocycles. The van der Waals surface area contributed by atoms with Crippen molar-refractivity contribution in [2.24, 2.45) is 0 Å². The van der Waals surface area contributed by atoms with E-state index >= 15 is 0 Å². The lowest BCUT2D eigenvalue weighted by Gasteiger charge is -2.12. The summed E-state index contributed by atoms with van der Waals surface area (Å²) in [4.78, 5) is 32.5. The number of hydrogen-bond acceptors (Lipinski definition) is 15. The molecule has 21 aromatic carbocycles. The van der Waals surface area contributed by atoms with Gasteiger partial charge in [-0.1, -0.05) is 315 Å². The molecule has 0 amide bonds. The molecule has 0 spiro atoms. The van der Waals surface area contributed by atoms with Gasteiger partial charge in [-0.05, 0) is 103 Å². The van der Waals surface area contributed by atoms with Crippen molar-refractivity contribution >= 4 is 343 Å². The Kier molecular flexibility index (Phi) is 17.3. The van der Waals surface area contributed by atoms with E-state index in [1.54, 1.807) is 0 Å². The van der Waals surface area contributed by atoms with E-state index in [1.807, 2.05) is 117 Å². The van der Waals surface area contributed by atoms with Gasteiger partial charge >= 0.3 is 0 Å². The van der Waals surface area contributed by atoms with Gasteiger partial charge in [0.1, 0.15) is 27.9 Å². The van der Waals surface area contributed by atoms with Gasteiger partial charge in [-0.2, -0.15) is 15.0 Å². The van der Waals surface area contributed by atoms with Gasteiger partial charge in [0, 0.05) is 209 Å². The molecule has 0 fully saturated rings. The summed E-state index contributed by atoms with van der Waals surface area (Å²) in [6.45, 7) is 0. The van der Waals surface area contributed by atoms with Gasteiger partial charge < -0.3 is 17.7 Å². The largest absolute Gasteiger partial charge is 0.456 e. The average molecular weight is 2010 g/mol. The molecule has 15 heterocycles. The Morgan fingerprint density at radius 2 is 0.447 bits per heavy atom. The number of fused-ring (bicyclic) bond motifs is 48. The molecule has 13 nitrogen and oxygen atoms in total. The average Bonchev–Trinajstić information content (AvgIpc) is 1.53. The zero-order valence-electron chi connectivity index (χ0n) is 79.0. The zero-order valence-corrected chi connectivity index (χ0v) is 83.1. The van der Waals surface area contributed by atoms with Crippen LogP contribution in [0.5, 0.6) is 0 Å². The minimum atomic E-state index is 0.556. The van der Waals surface area contributed by atoms with Crippen molar-refractivity contribution in [1.82, 2.24) is 43.6 Å². The SMILES string of the molecule is c1ccc2c(c1)oc1ccc(-c3nc(-n4c5ccccc5c5c6c7ccccc7sc6c6ccccc6c54)nc4oc5ccccc5c34)cc12.c1ccc2c(c1)oc1nc(-n3c4ccccc4c4c5c6ccccc6sc5c5ccccc5c43)nc(-c3ccc4sc5ccccc5c4c3)c12.c1ccc2c(c1)oc1nc(-n3c4ccccc4c4c5c6ccccc6sc5c5ccccc5c43)nc(-c3cccc4c3sc3ccccc34)c12. The van der Waals surface area contributed by atoms with E-state index in [0.717, 1.165) is 138 Å². The lowest BCUT2D eigenvalue weighted by molar-refractivity contribution is 0.651. The van der Waals surface area contributed by atoms with E-state index < -0.39 is 0 Å². The van der Waals surface area contributed by atoms with E-state index in [-0.39, 0.29) is 0 Å². The molecule has 0 aliphatic heterocycles. The molecular weight excluding hydrogens is 1940 g/mol. The van der Waals surface area contributed by atoms with Crippen LogP contribution in [0.3, 0.4) is 0 Å². The second-order valence-corrected chi connectivity index (χ2v) is 43.9. The van der Waals surface area contributed by atoms with Crippen molar-refractivity contribution in [3.05, 3.63) is 419 Å². The molecule has 0 saturated carbocycles. The third-order valence-corrected chi connectivity index (χ3v) is 36.7. The fourth-order valence-electron chi connectivity index (χ4n) is 24.4. The number of benzene rings is 21. The minimum Gasteiger partial charge on any atom is -0.456 e. The summed E-state index contributed by atoms with van der Waals surface area (Å²) < 4.78 is 45.5. The van der Waals surface area contributed by atoms with Crippen LogP contribution >= 0.6 is 56.7 Å². The van der Waals surface area contributed by atoms with Crippen LogP contribution in [0, 0.1) is 0 Å². The highest BCUT2D eigenvalue weighted by Gasteiger charge is 2.33. The molecule has 696 valence electrons. The Labute approximate surface area is 867 Å². The number of rotatable bonds is 6. The Balaban J connectivity index is 0.0000000957. The topological polar surface area (TPSA) is 145 Å². The number of hydrogen-bond donors (Lipinski definition) is 0. The molecule has 18 heteroatoms. The van der Waals surface area contributed by atoms with Gasteiger partial charge in [0.25, 0.3) is 0 Å². The maximum atomic E-state index is 6.59. The second-order valence-electron chi connectivity index (χ2n) is 38.6. The third kappa shape index (κ3) is 11.7. The van der Waals surface area contributed by atoms with Crippen LogP contribution in [-0.2, 0) is 0 Å². The van der Waals surface area contributed by atoms with Crippen LogP contribution < -0.4 is 0 Å². The first-order chi connectivity index (χ1) is 74.4. The maximum absolute atomic E-state index is 6.59. The lowest BCUT2D eigenvalue weighted by Crippen LogP contribution is -2.03. The Morgan fingerprint density at radius 1 is 0.167 bits per heavy atom. The first kappa shape index (κ1) is 82.6. The summed E-state index contributed by atoms with van der Waals surface area (Å²) in [6.07, 6.45) is 0. The lowest BCUT2D eigenvalue weighted by atomic mass is 10.00. The van der Waals surface area contributed by atoms with Crippen LogP contribution in [0.2, 0.25) is 0 Å². The van der Waals surface area contributed by atoms with E-state index in [9.17, 15) is 0 Å². The van der Waals surface area contributed by atoms with E-state index in [2.05, 4.69) is 372 Å². The van der Waals surface area contributed by atoms with Crippen molar-refractivity contribution < 1.29 is 17.7 Å². The summed E-state index contributed by atoms with van der Waals surface area (Å²) in [5, 5.41) is 35.0. The van der Waals surface area contributed by atoms with Gasteiger partial charge in [0.05, 0.1) is 66.3 Å². The van der Waals surface area contributed by atoms with Crippen molar-refractivity contribution in [3.8, 4) is 51.6 Å². The first-order valence-electron chi connectivity index (χ1n) is 50.0. The number of thiophene rings is 5. The van der Waals surface area contributed by atoms with Crippen LogP contribution in [0.25, 0.3) is 338 Å². The molecule has 0 aliphatic rings. The fraction of sp³-hybridized carbons (Fsp3) is 0. The smallest absolute Gasteiger partial charge is 0.238 e. The maximum Gasteiger partial charge on any atom is 0.238 e. The number of nitrogens with zero attached hydrogens (tertiary/aromatic N) is 9. The highest BCUT2D eigenvalue weighted by molar-refractivity contribution is 7.28. The molecule has 0 saturated heterocycles. The third-order valence-electron chi connectivity index (χ3n) is 30.7. The molecular formula is C132H69N9O4S5. The normalized spacial score (nSPS) is 12.4. The summed E-state index contributed by atoms with van der Waals surface area (Å²) in [7, 11) is 0. The van der Waals surface area contributed by atoms with Crippen LogP contribution in [-0.4, -0.2) is 43.6 Å². The number of aromatic nitrogens is 9. The predicted octanol–water partition coefficient (Wildman–Crippen LogP) is 38.6. The number of para-hydroxylation sites is 7. The highest BCUT2D eigenvalue weighted by atomic mass is 32.1. The zero-order chi connectivity index (χ0) is 97.5. The van der Waals surface area contributed by atoms with Crippen molar-refractivity contribution in [1.29, 1.82) is 0 Å². The van der Waals surface area contributed by atoms with Crippen molar-refractivity contribution in [2.75, 3.05) is 0 Å². The van der Waals surface area contributed by atoms with Crippen molar-refractivity contribution in [2.45, 2.75) is 0 Å². The van der Waals surface area contributed by atoms with Crippen molar-refractivity contribution in [3.63, 3.8) is 0 Å². The quantitative estimate of drug-likeness (QED) is 0.158. The van der Waals surface area contributed by atoms with Crippen LogP contribution in [0.1, 0.15) is 0 Å². The first-order valence-corrected chi connectivity index (χ1v) is 54.1. The molecule has 0 N–H and O–H groups in total. The second kappa shape index (κ2) is 31.4. The summed E-state index contributed by atoms with van der Waals surface area (Å²) >= 11 is 9.25. The Hall–Kier alpha value is -18.7. The monoisotopic (exact) mass is 2000 g/mol. The predicted molar refractivity (Wildman–Crippen MR) is 631 cm³/mol. The Morgan fingerprint density at radius 3 is 0.873 bits per heavy atom.